The van der Waals surface area contributed by atoms with Gasteiger partial charge in [-0.1, -0.05) is 54.6 Å². The zero-order valence-corrected chi connectivity index (χ0v) is 17.6. The summed E-state index contributed by atoms with van der Waals surface area (Å²) in [6, 6.07) is 16.5. The van der Waals surface area contributed by atoms with Crippen molar-refractivity contribution >= 4 is 30.1 Å². The van der Waals surface area contributed by atoms with Crippen molar-refractivity contribution in [3.8, 4) is 0 Å². The molecular formula is C24H27BN2O3. The van der Waals surface area contributed by atoms with Crippen molar-refractivity contribution in [3.63, 3.8) is 0 Å². The Morgan fingerprint density at radius 1 is 1.17 bits per heavy atom. The highest BCUT2D eigenvalue weighted by molar-refractivity contribution is 6.23. The first kappa shape index (κ1) is 20.4. The second-order valence-electron chi connectivity index (χ2n) is 7.56. The van der Waals surface area contributed by atoms with Crippen LogP contribution in [-0.2, 0) is 15.8 Å². The molecule has 1 aliphatic heterocycles. The van der Waals surface area contributed by atoms with Crippen LogP contribution in [0.2, 0.25) is 0 Å². The van der Waals surface area contributed by atoms with E-state index in [-0.39, 0.29) is 5.97 Å². The highest BCUT2D eigenvalue weighted by Gasteiger charge is 2.22. The van der Waals surface area contributed by atoms with Crippen LogP contribution in [0.25, 0.3) is 16.5 Å². The quantitative estimate of drug-likeness (QED) is 0.481. The molecule has 0 fully saturated rings. The number of carbonyl (C=O) groups is 1. The fourth-order valence-electron chi connectivity index (χ4n) is 4.16. The summed E-state index contributed by atoms with van der Waals surface area (Å²) < 4.78 is 10.6. The van der Waals surface area contributed by atoms with Crippen molar-refractivity contribution in [2.24, 2.45) is 0 Å². The first-order valence-corrected chi connectivity index (χ1v) is 10.5. The molecule has 0 radical (unpaired) electrons. The molecule has 0 saturated heterocycles. The van der Waals surface area contributed by atoms with Gasteiger partial charge >= 0.3 is 13.6 Å². The lowest BCUT2D eigenvalue weighted by atomic mass is 9.94. The molecule has 0 amide bonds. The summed E-state index contributed by atoms with van der Waals surface area (Å²) in [6.07, 6.45) is 3.89. The lowest BCUT2D eigenvalue weighted by molar-refractivity contribution is 0.0519. The van der Waals surface area contributed by atoms with Crippen LogP contribution in [0.4, 0.5) is 0 Å². The molecule has 30 heavy (non-hydrogen) atoms. The molecule has 0 spiro atoms. The molecule has 4 rings (SSSR count). The Hall–Kier alpha value is -2.83. The van der Waals surface area contributed by atoms with Gasteiger partial charge in [-0.05, 0) is 36.6 Å². The second-order valence-corrected chi connectivity index (χ2v) is 7.56. The van der Waals surface area contributed by atoms with Gasteiger partial charge in [0.25, 0.3) is 0 Å². The maximum atomic E-state index is 12.7. The zero-order chi connectivity index (χ0) is 20.9. The number of aromatic amines is 1. The summed E-state index contributed by atoms with van der Waals surface area (Å²) in [5.74, 6) is -0.297. The van der Waals surface area contributed by atoms with E-state index in [9.17, 15) is 4.79 Å². The second kappa shape index (κ2) is 9.33. The molecule has 1 N–H and O–H groups in total. The summed E-state index contributed by atoms with van der Waals surface area (Å²) in [4.78, 5) is 18.4. The van der Waals surface area contributed by atoms with Crippen molar-refractivity contribution in [1.29, 1.82) is 0 Å². The average Bonchev–Trinajstić information content (AvgIpc) is 3.14. The topological polar surface area (TPSA) is 54.6 Å². The smallest absolute Gasteiger partial charge is 0.363 e. The first-order valence-electron chi connectivity index (χ1n) is 10.5. The lowest BCUT2D eigenvalue weighted by Gasteiger charge is -2.25. The maximum absolute atomic E-state index is 12.7. The van der Waals surface area contributed by atoms with Crippen molar-refractivity contribution in [1.82, 2.24) is 9.79 Å². The Balaban J connectivity index is 1.77. The molecule has 1 aliphatic rings. The summed E-state index contributed by atoms with van der Waals surface area (Å²) in [6.45, 7) is 4.01. The molecule has 2 heterocycles. The van der Waals surface area contributed by atoms with Gasteiger partial charge in [0.05, 0.1) is 12.1 Å². The van der Waals surface area contributed by atoms with Gasteiger partial charge in [-0.25, -0.2) is 4.79 Å². The minimum Gasteiger partial charge on any atom is -0.461 e. The number of hydrogen-bond acceptors (Lipinski definition) is 4. The first-order chi connectivity index (χ1) is 14.7. The number of benzene rings is 2. The van der Waals surface area contributed by atoms with E-state index in [1.165, 1.54) is 11.1 Å². The molecule has 154 valence electrons. The van der Waals surface area contributed by atoms with Gasteiger partial charge in [0.2, 0.25) is 0 Å². The van der Waals surface area contributed by atoms with Gasteiger partial charge in [-0.2, -0.15) is 0 Å². The standard InChI is InChI=1S/C24H27BN2O3/c1-3-30-24(28)23-21(16-17-8-5-4-6-9-17)20-11-7-10-19(22(20)26-23)18-12-14-27(15-13-18)25-29-2/h4-12,25-26H,3,13-16H2,1-2H3. The SMILES string of the molecule is CCOC(=O)c1[nH]c2c(C3=CCN(BOC)CC3)cccc2c1Cc1ccccc1. The number of carbonyl (C=O) groups excluding carboxylic acids is 1. The zero-order valence-electron chi connectivity index (χ0n) is 17.6. The van der Waals surface area contributed by atoms with Crippen molar-refractivity contribution in [2.45, 2.75) is 19.8 Å². The van der Waals surface area contributed by atoms with Crippen LogP contribution in [-0.4, -0.2) is 50.2 Å². The minimum absolute atomic E-state index is 0.297. The summed E-state index contributed by atoms with van der Waals surface area (Å²) >= 11 is 0. The maximum Gasteiger partial charge on any atom is 0.363 e. The van der Waals surface area contributed by atoms with Gasteiger partial charge in [0.1, 0.15) is 5.69 Å². The van der Waals surface area contributed by atoms with E-state index in [2.05, 4.69) is 46.2 Å². The summed E-state index contributed by atoms with van der Waals surface area (Å²) in [7, 11) is 2.37. The van der Waals surface area contributed by atoms with E-state index in [1.807, 2.05) is 25.1 Å². The van der Waals surface area contributed by atoms with E-state index >= 15 is 0 Å². The van der Waals surface area contributed by atoms with Crippen molar-refractivity contribution in [2.75, 3.05) is 26.8 Å². The van der Waals surface area contributed by atoms with Gasteiger partial charge in [0, 0.05) is 31.0 Å². The molecule has 3 aromatic rings. The number of fused-ring (bicyclic) bond motifs is 1. The molecule has 0 saturated carbocycles. The van der Waals surface area contributed by atoms with Crippen LogP contribution in [0.3, 0.4) is 0 Å². The number of esters is 1. The summed E-state index contributed by atoms with van der Waals surface area (Å²) in [5, 5.41) is 1.08. The van der Waals surface area contributed by atoms with Gasteiger partial charge in [0.15, 0.2) is 0 Å². The predicted octanol–water partition coefficient (Wildman–Crippen LogP) is 3.94. The molecule has 0 unspecified atom stereocenters. The molecular weight excluding hydrogens is 375 g/mol. The molecule has 0 aliphatic carbocycles. The van der Waals surface area contributed by atoms with E-state index in [4.69, 9.17) is 9.39 Å². The van der Waals surface area contributed by atoms with E-state index in [0.717, 1.165) is 41.5 Å². The van der Waals surface area contributed by atoms with E-state index in [1.54, 1.807) is 7.11 Å². The Kier molecular flexibility index (Phi) is 6.36. The Bertz CT molecular complexity index is 1060. The van der Waals surface area contributed by atoms with Crippen molar-refractivity contribution in [3.05, 3.63) is 77.0 Å². The number of nitrogens with zero attached hydrogens (tertiary/aromatic N) is 1. The van der Waals surface area contributed by atoms with Crippen LogP contribution < -0.4 is 0 Å². The highest BCUT2D eigenvalue weighted by Crippen LogP contribution is 2.33. The molecule has 1 aromatic heterocycles. The minimum atomic E-state index is -0.297. The third kappa shape index (κ3) is 4.20. The van der Waals surface area contributed by atoms with Crippen LogP contribution >= 0.6 is 0 Å². The van der Waals surface area contributed by atoms with Gasteiger partial charge in [-0.3, -0.25) is 0 Å². The highest BCUT2D eigenvalue weighted by atomic mass is 16.5. The molecule has 0 atom stereocenters. The number of nitrogens with one attached hydrogen (secondary N) is 1. The van der Waals surface area contributed by atoms with Gasteiger partial charge in [-0.15, -0.1) is 0 Å². The lowest BCUT2D eigenvalue weighted by Crippen LogP contribution is -2.33. The van der Waals surface area contributed by atoms with Crippen LogP contribution in [0.15, 0.2) is 54.6 Å². The van der Waals surface area contributed by atoms with E-state index < -0.39 is 0 Å². The van der Waals surface area contributed by atoms with Crippen molar-refractivity contribution < 1.29 is 14.2 Å². The van der Waals surface area contributed by atoms with E-state index in [0.29, 0.717) is 26.3 Å². The Morgan fingerprint density at radius 3 is 2.70 bits per heavy atom. The average molecular weight is 402 g/mol. The third-order valence-corrected chi connectivity index (χ3v) is 5.60. The largest absolute Gasteiger partial charge is 0.461 e. The number of hydrogen-bond donors (Lipinski definition) is 1. The fourth-order valence-corrected chi connectivity index (χ4v) is 4.16. The molecule has 6 heteroatoms. The molecule has 5 nitrogen and oxygen atoms in total. The van der Waals surface area contributed by atoms with Gasteiger partial charge < -0.3 is 19.2 Å². The monoisotopic (exact) mass is 402 g/mol. The normalized spacial score (nSPS) is 14.5. The Labute approximate surface area is 178 Å². The third-order valence-electron chi connectivity index (χ3n) is 5.60. The molecule has 2 aromatic carbocycles. The fraction of sp³-hybridized carbons (Fsp3) is 0.292. The van der Waals surface area contributed by atoms with Crippen LogP contribution in [0, 0.1) is 0 Å². The van der Waals surface area contributed by atoms with Crippen LogP contribution in [0.1, 0.15) is 40.5 Å². The predicted molar refractivity (Wildman–Crippen MR) is 122 cm³/mol. The number of para-hydroxylation sites is 1. The molecule has 0 bridgehead atoms. The number of aromatic nitrogens is 1. The van der Waals surface area contributed by atoms with Crippen LogP contribution in [0.5, 0.6) is 0 Å². The number of rotatable bonds is 7. The number of H-pyrrole nitrogens is 1. The Morgan fingerprint density at radius 2 is 2.00 bits per heavy atom. The number of ether oxygens (including phenoxy) is 1. The summed E-state index contributed by atoms with van der Waals surface area (Å²) in [5.41, 5.74) is 6.19.